The third kappa shape index (κ3) is 3.21. The molecule has 1 aliphatic carbocycles. The molecule has 1 N–H and O–H groups in total. The van der Waals surface area contributed by atoms with E-state index in [2.05, 4.69) is 0 Å². The SMILES string of the molecule is O=C(O)CN(C(=O)Cc1ccc2ccccc2c1)C1CC1. The molecule has 0 spiro atoms. The van der Waals surface area contributed by atoms with Gasteiger partial charge in [-0.15, -0.1) is 0 Å². The van der Waals surface area contributed by atoms with Crippen LogP contribution >= 0.6 is 0 Å². The van der Waals surface area contributed by atoms with Gasteiger partial charge in [0.05, 0.1) is 6.42 Å². The molecule has 3 rings (SSSR count). The first kappa shape index (κ1) is 13.6. The molecule has 2 aromatic carbocycles. The normalized spacial score (nSPS) is 14.1. The number of benzene rings is 2. The van der Waals surface area contributed by atoms with E-state index >= 15 is 0 Å². The Balaban J connectivity index is 1.76. The average Bonchev–Trinajstić information content (AvgIpc) is 3.29. The fourth-order valence-electron chi connectivity index (χ4n) is 2.58. The summed E-state index contributed by atoms with van der Waals surface area (Å²) in [4.78, 5) is 24.7. The second-order valence-corrected chi connectivity index (χ2v) is 5.50. The summed E-state index contributed by atoms with van der Waals surface area (Å²) in [6, 6.07) is 14.0. The molecular formula is C17H17NO3. The summed E-state index contributed by atoms with van der Waals surface area (Å²) >= 11 is 0. The highest BCUT2D eigenvalue weighted by molar-refractivity contribution is 5.87. The molecule has 0 bridgehead atoms. The number of carbonyl (C=O) groups is 2. The number of fused-ring (bicyclic) bond motifs is 1. The number of carboxylic acids is 1. The maximum absolute atomic E-state index is 12.3. The summed E-state index contributed by atoms with van der Waals surface area (Å²) in [6.07, 6.45) is 2.09. The fraction of sp³-hybridized carbons (Fsp3) is 0.294. The summed E-state index contributed by atoms with van der Waals surface area (Å²) < 4.78 is 0. The van der Waals surface area contributed by atoms with E-state index in [1.54, 1.807) is 0 Å². The van der Waals surface area contributed by atoms with Gasteiger partial charge in [0.15, 0.2) is 0 Å². The second-order valence-electron chi connectivity index (χ2n) is 5.50. The van der Waals surface area contributed by atoms with Crippen molar-refractivity contribution in [2.45, 2.75) is 25.3 Å². The molecular weight excluding hydrogens is 266 g/mol. The summed E-state index contributed by atoms with van der Waals surface area (Å²) in [5.41, 5.74) is 0.926. The molecule has 1 fully saturated rings. The first-order valence-electron chi connectivity index (χ1n) is 7.12. The molecule has 0 saturated heterocycles. The van der Waals surface area contributed by atoms with E-state index < -0.39 is 5.97 Å². The molecule has 108 valence electrons. The Kier molecular flexibility index (Phi) is 3.60. The van der Waals surface area contributed by atoms with E-state index in [1.807, 2.05) is 42.5 Å². The van der Waals surface area contributed by atoms with Crippen molar-refractivity contribution in [1.82, 2.24) is 4.90 Å². The van der Waals surface area contributed by atoms with E-state index in [4.69, 9.17) is 5.11 Å². The van der Waals surface area contributed by atoms with Crippen LogP contribution in [0.25, 0.3) is 10.8 Å². The molecule has 0 aliphatic heterocycles. The van der Waals surface area contributed by atoms with Crippen LogP contribution in [0.4, 0.5) is 0 Å². The van der Waals surface area contributed by atoms with Crippen LogP contribution in [-0.2, 0) is 16.0 Å². The molecule has 1 aliphatic rings. The van der Waals surface area contributed by atoms with E-state index in [-0.39, 0.29) is 24.9 Å². The van der Waals surface area contributed by atoms with Crippen molar-refractivity contribution in [3.05, 3.63) is 48.0 Å². The van der Waals surface area contributed by atoms with E-state index in [0.29, 0.717) is 0 Å². The second kappa shape index (κ2) is 5.56. The van der Waals surface area contributed by atoms with Gasteiger partial charge in [-0.1, -0.05) is 42.5 Å². The van der Waals surface area contributed by atoms with Crippen LogP contribution in [0.15, 0.2) is 42.5 Å². The predicted molar refractivity (Wildman–Crippen MR) is 80.0 cm³/mol. The third-order valence-corrected chi connectivity index (χ3v) is 3.78. The van der Waals surface area contributed by atoms with Crippen molar-refractivity contribution in [3.8, 4) is 0 Å². The van der Waals surface area contributed by atoms with E-state index in [0.717, 1.165) is 29.2 Å². The number of amides is 1. The Bertz CT molecular complexity index is 691. The largest absolute Gasteiger partial charge is 0.480 e. The summed E-state index contributed by atoms with van der Waals surface area (Å²) in [5, 5.41) is 11.2. The number of rotatable bonds is 5. The fourth-order valence-corrected chi connectivity index (χ4v) is 2.58. The van der Waals surface area contributed by atoms with E-state index in [1.165, 1.54) is 4.90 Å². The summed E-state index contributed by atoms with van der Waals surface area (Å²) in [6.45, 7) is -0.197. The summed E-state index contributed by atoms with van der Waals surface area (Å²) in [5.74, 6) is -1.05. The molecule has 0 heterocycles. The van der Waals surface area contributed by atoms with Gasteiger partial charge < -0.3 is 10.0 Å². The Morgan fingerprint density at radius 1 is 1.10 bits per heavy atom. The van der Waals surface area contributed by atoms with Crippen molar-refractivity contribution < 1.29 is 14.7 Å². The third-order valence-electron chi connectivity index (χ3n) is 3.78. The standard InChI is InChI=1S/C17H17NO3/c19-16(18(11-17(20)21)15-7-8-15)10-12-5-6-13-3-1-2-4-14(13)9-12/h1-6,9,15H,7-8,10-11H2,(H,20,21). The highest BCUT2D eigenvalue weighted by atomic mass is 16.4. The van der Waals surface area contributed by atoms with Gasteiger partial charge in [0.25, 0.3) is 0 Å². The minimum absolute atomic E-state index is 0.102. The van der Waals surface area contributed by atoms with Crippen molar-refractivity contribution in [3.63, 3.8) is 0 Å². The molecule has 1 amide bonds. The molecule has 0 atom stereocenters. The van der Waals surface area contributed by atoms with Gasteiger partial charge >= 0.3 is 5.97 Å². The monoisotopic (exact) mass is 283 g/mol. The lowest BCUT2D eigenvalue weighted by Gasteiger charge is -2.20. The number of hydrogen-bond donors (Lipinski definition) is 1. The van der Waals surface area contributed by atoms with Crippen LogP contribution in [0.1, 0.15) is 18.4 Å². The smallest absolute Gasteiger partial charge is 0.323 e. The summed E-state index contributed by atoms with van der Waals surface area (Å²) in [7, 11) is 0. The lowest BCUT2D eigenvalue weighted by molar-refractivity contribution is -0.144. The van der Waals surface area contributed by atoms with Crippen LogP contribution in [0.5, 0.6) is 0 Å². The van der Waals surface area contributed by atoms with Crippen LogP contribution in [0.2, 0.25) is 0 Å². The minimum atomic E-state index is -0.950. The quantitative estimate of drug-likeness (QED) is 0.917. The maximum atomic E-state index is 12.3. The Hall–Kier alpha value is -2.36. The zero-order valence-electron chi connectivity index (χ0n) is 11.7. The zero-order valence-corrected chi connectivity index (χ0v) is 11.7. The van der Waals surface area contributed by atoms with Crippen molar-refractivity contribution in [2.75, 3.05) is 6.54 Å². The highest BCUT2D eigenvalue weighted by Crippen LogP contribution is 2.27. The number of hydrogen-bond acceptors (Lipinski definition) is 2. The lowest BCUT2D eigenvalue weighted by Crippen LogP contribution is -2.38. The first-order chi connectivity index (χ1) is 10.1. The average molecular weight is 283 g/mol. The molecule has 0 unspecified atom stereocenters. The van der Waals surface area contributed by atoms with Crippen molar-refractivity contribution >= 4 is 22.6 Å². The predicted octanol–water partition coefficient (Wildman–Crippen LogP) is 2.46. The first-order valence-corrected chi connectivity index (χ1v) is 7.12. The highest BCUT2D eigenvalue weighted by Gasteiger charge is 2.33. The number of nitrogens with zero attached hydrogens (tertiary/aromatic N) is 1. The van der Waals surface area contributed by atoms with Gasteiger partial charge in [-0.2, -0.15) is 0 Å². The van der Waals surface area contributed by atoms with Gasteiger partial charge in [0, 0.05) is 6.04 Å². The number of carboxylic acid groups (broad SMARTS) is 1. The lowest BCUT2D eigenvalue weighted by atomic mass is 10.0. The van der Waals surface area contributed by atoms with Crippen LogP contribution in [0.3, 0.4) is 0 Å². The molecule has 21 heavy (non-hydrogen) atoms. The topological polar surface area (TPSA) is 57.6 Å². The minimum Gasteiger partial charge on any atom is -0.480 e. The molecule has 1 saturated carbocycles. The molecule has 0 aromatic heterocycles. The maximum Gasteiger partial charge on any atom is 0.323 e. The molecule has 2 aromatic rings. The van der Waals surface area contributed by atoms with Crippen LogP contribution in [-0.4, -0.2) is 34.5 Å². The van der Waals surface area contributed by atoms with Gasteiger partial charge in [0.2, 0.25) is 5.91 Å². The van der Waals surface area contributed by atoms with Crippen molar-refractivity contribution in [1.29, 1.82) is 0 Å². The van der Waals surface area contributed by atoms with Gasteiger partial charge in [-0.25, -0.2) is 0 Å². The van der Waals surface area contributed by atoms with E-state index in [9.17, 15) is 9.59 Å². The molecule has 0 radical (unpaired) electrons. The zero-order chi connectivity index (χ0) is 14.8. The molecule has 4 nitrogen and oxygen atoms in total. The Morgan fingerprint density at radius 2 is 1.81 bits per heavy atom. The van der Waals surface area contributed by atoms with Crippen LogP contribution in [0, 0.1) is 0 Å². The molecule has 4 heteroatoms. The Morgan fingerprint density at radius 3 is 2.48 bits per heavy atom. The number of carbonyl (C=O) groups excluding carboxylic acids is 1. The van der Waals surface area contributed by atoms with Gasteiger partial charge in [-0.05, 0) is 29.2 Å². The van der Waals surface area contributed by atoms with Gasteiger partial charge in [-0.3, -0.25) is 9.59 Å². The van der Waals surface area contributed by atoms with Gasteiger partial charge in [0.1, 0.15) is 6.54 Å². The van der Waals surface area contributed by atoms with Crippen LogP contribution < -0.4 is 0 Å². The van der Waals surface area contributed by atoms with Crippen molar-refractivity contribution in [2.24, 2.45) is 0 Å². The number of aliphatic carboxylic acids is 1. The Labute approximate surface area is 123 Å².